The highest BCUT2D eigenvalue weighted by Gasteiger charge is 2.31. The molecule has 2 aliphatic heterocycles. The number of nitrogens with zero attached hydrogens (tertiary/aromatic N) is 4. The van der Waals surface area contributed by atoms with E-state index in [1.165, 1.54) is 11.3 Å². The second kappa shape index (κ2) is 6.38. The fourth-order valence-electron chi connectivity index (χ4n) is 3.46. The summed E-state index contributed by atoms with van der Waals surface area (Å²) in [5.74, 6) is 0.262. The third-order valence-electron chi connectivity index (χ3n) is 5.11. The molecule has 3 heterocycles. The van der Waals surface area contributed by atoms with Gasteiger partial charge in [-0.2, -0.15) is 5.10 Å². The van der Waals surface area contributed by atoms with E-state index in [0.29, 0.717) is 6.54 Å². The number of rotatable bonds is 3. The average molecular weight is 305 g/mol. The Bertz CT molecular complexity index is 519. The zero-order chi connectivity index (χ0) is 15.7. The molecule has 1 saturated heterocycles. The average Bonchev–Trinajstić information content (AvgIpc) is 2.96. The summed E-state index contributed by atoms with van der Waals surface area (Å²) in [5, 5.41) is 7.50. The number of fused-ring (bicyclic) bond motifs is 1. The van der Waals surface area contributed by atoms with Gasteiger partial charge < -0.3 is 9.80 Å². The van der Waals surface area contributed by atoms with Crippen molar-refractivity contribution >= 4 is 5.91 Å². The van der Waals surface area contributed by atoms with Gasteiger partial charge in [0, 0.05) is 56.9 Å². The van der Waals surface area contributed by atoms with Gasteiger partial charge >= 0.3 is 0 Å². The summed E-state index contributed by atoms with van der Waals surface area (Å²) >= 11 is 0. The number of hydrogen-bond acceptors (Lipinski definition) is 4. The lowest BCUT2D eigenvalue weighted by Gasteiger charge is -2.38. The number of aromatic nitrogens is 2. The van der Waals surface area contributed by atoms with Crippen molar-refractivity contribution in [2.24, 2.45) is 0 Å². The Morgan fingerprint density at radius 3 is 2.68 bits per heavy atom. The lowest BCUT2D eigenvalue weighted by Crippen LogP contribution is -2.54. The van der Waals surface area contributed by atoms with Crippen molar-refractivity contribution in [1.82, 2.24) is 24.9 Å². The number of hydrogen-bond donors (Lipinski definition) is 1. The summed E-state index contributed by atoms with van der Waals surface area (Å²) in [5.41, 5.74) is 3.57. The third kappa shape index (κ3) is 2.90. The highest BCUT2D eigenvalue weighted by molar-refractivity contribution is 5.81. The molecule has 2 aliphatic rings. The van der Waals surface area contributed by atoms with Crippen molar-refractivity contribution in [1.29, 1.82) is 0 Å². The van der Waals surface area contributed by atoms with Crippen LogP contribution in [0.5, 0.6) is 0 Å². The van der Waals surface area contributed by atoms with E-state index in [4.69, 9.17) is 0 Å². The van der Waals surface area contributed by atoms with Crippen LogP contribution >= 0.6 is 0 Å². The molecule has 0 bridgehead atoms. The first kappa shape index (κ1) is 15.5. The monoisotopic (exact) mass is 305 g/mol. The summed E-state index contributed by atoms with van der Waals surface area (Å²) in [6, 6.07) is -0.0211. The molecule has 1 fully saturated rings. The van der Waals surface area contributed by atoms with E-state index in [1.807, 2.05) is 4.90 Å². The van der Waals surface area contributed by atoms with Crippen molar-refractivity contribution < 1.29 is 4.79 Å². The van der Waals surface area contributed by atoms with Gasteiger partial charge in [0.25, 0.3) is 0 Å². The predicted molar refractivity (Wildman–Crippen MR) is 85.6 cm³/mol. The lowest BCUT2D eigenvalue weighted by atomic mass is 10.0. The molecule has 0 saturated carbocycles. The number of amides is 1. The SMILES string of the molecule is CCc1n[nH]c2c1CN(C(=O)C(C)N1CCN(C)CC1)CC2. The van der Waals surface area contributed by atoms with Crippen LogP contribution in [-0.2, 0) is 24.2 Å². The van der Waals surface area contributed by atoms with E-state index >= 15 is 0 Å². The van der Waals surface area contributed by atoms with Gasteiger partial charge in [0.15, 0.2) is 0 Å². The predicted octanol–water partition coefficient (Wildman–Crippen LogP) is 0.493. The fourth-order valence-corrected chi connectivity index (χ4v) is 3.46. The molecule has 0 aliphatic carbocycles. The molecule has 0 radical (unpaired) electrons. The number of carbonyl (C=O) groups excluding carboxylic acids is 1. The molecule has 1 atom stereocenters. The molecule has 0 aromatic carbocycles. The minimum Gasteiger partial charge on any atom is -0.336 e. The van der Waals surface area contributed by atoms with Gasteiger partial charge in [0.1, 0.15) is 0 Å². The number of piperazine rings is 1. The van der Waals surface area contributed by atoms with Crippen LogP contribution in [0.4, 0.5) is 0 Å². The van der Waals surface area contributed by atoms with Gasteiger partial charge in [-0.05, 0) is 20.4 Å². The van der Waals surface area contributed by atoms with Crippen molar-refractivity contribution in [2.45, 2.75) is 39.3 Å². The van der Waals surface area contributed by atoms with Crippen molar-refractivity contribution in [2.75, 3.05) is 39.8 Å². The molecular weight excluding hydrogens is 278 g/mol. The topological polar surface area (TPSA) is 55.5 Å². The minimum atomic E-state index is -0.0211. The van der Waals surface area contributed by atoms with Crippen molar-refractivity contribution in [3.8, 4) is 0 Å². The summed E-state index contributed by atoms with van der Waals surface area (Å²) < 4.78 is 0. The Labute approximate surface area is 132 Å². The molecule has 0 spiro atoms. The molecular formula is C16H27N5O. The van der Waals surface area contributed by atoms with Crippen LogP contribution < -0.4 is 0 Å². The molecule has 22 heavy (non-hydrogen) atoms. The zero-order valence-electron chi connectivity index (χ0n) is 13.9. The van der Waals surface area contributed by atoms with Crippen LogP contribution in [0.3, 0.4) is 0 Å². The van der Waals surface area contributed by atoms with E-state index in [9.17, 15) is 4.79 Å². The zero-order valence-corrected chi connectivity index (χ0v) is 13.9. The molecule has 1 aromatic rings. The quantitative estimate of drug-likeness (QED) is 0.883. The molecule has 3 rings (SSSR count). The number of aromatic amines is 1. The Kier molecular flexibility index (Phi) is 4.49. The maximum absolute atomic E-state index is 12.9. The van der Waals surface area contributed by atoms with Crippen LogP contribution in [0, 0.1) is 0 Å². The maximum atomic E-state index is 12.9. The van der Waals surface area contributed by atoms with Gasteiger partial charge in [-0.25, -0.2) is 0 Å². The first-order valence-electron chi connectivity index (χ1n) is 8.36. The highest BCUT2D eigenvalue weighted by atomic mass is 16.2. The van der Waals surface area contributed by atoms with Crippen molar-refractivity contribution in [3.05, 3.63) is 17.0 Å². The van der Waals surface area contributed by atoms with E-state index in [-0.39, 0.29) is 11.9 Å². The minimum absolute atomic E-state index is 0.0211. The number of carbonyl (C=O) groups is 1. The third-order valence-corrected chi connectivity index (χ3v) is 5.11. The first-order valence-corrected chi connectivity index (χ1v) is 8.36. The summed E-state index contributed by atoms with van der Waals surface area (Å²) in [6.45, 7) is 9.74. The lowest BCUT2D eigenvalue weighted by molar-refractivity contribution is -0.138. The Morgan fingerprint density at radius 1 is 1.27 bits per heavy atom. The molecule has 1 aromatic heterocycles. The summed E-state index contributed by atoms with van der Waals surface area (Å²) in [6.07, 6.45) is 1.81. The van der Waals surface area contributed by atoms with Crippen LogP contribution in [0.25, 0.3) is 0 Å². The van der Waals surface area contributed by atoms with Crippen LogP contribution in [-0.4, -0.2) is 76.6 Å². The van der Waals surface area contributed by atoms with E-state index in [1.54, 1.807) is 0 Å². The van der Waals surface area contributed by atoms with E-state index in [2.05, 4.69) is 40.9 Å². The van der Waals surface area contributed by atoms with Gasteiger partial charge in [0.2, 0.25) is 5.91 Å². The standard InChI is InChI=1S/C16H27N5O/c1-4-14-13-11-21(6-5-15(13)18-17-14)16(22)12(2)20-9-7-19(3)8-10-20/h12H,4-11H2,1-3H3,(H,17,18). The Morgan fingerprint density at radius 2 is 2.00 bits per heavy atom. The van der Waals surface area contributed by atoms with Crippen LogP contribution in [0.2, 0.25) is 0 Å². The second-order valence-electron chi connectivity index (χ2n) is 6.51. The van der Waals surface area contributed by atoms with E-state index < -0.39 is 0 Å². The fraction of sp³-hybridized carbons (Fsp3) is 0.750. The summed E-state index contributed by atoms with van der Waals surface area (Å²) in [4.78, 5) is 19.5. The van der Waals surface area contributed by atoms with Gasteiger partial charge in [-0.1, -0.05) is 6.92 Å². The number of H-pyrrole nitrogens is 1. The molecule has 6 heteroatoms. The first-order chi connectivity index (χ1) is 10.6. The van der Waals surface area contributed by atoms with E-state index in [0.717, 1.165) is 51.3 Å². The maximum Gasteiger partial charge on any atom is 0.239 e. The Hall–Kier alpha value is -1.40. The smallest absolute Gasteiger partial charge is 0.239 e. The molecule has 122 valence electrons. The Balaban J connectivity index is 1.65. The molecule has 1 unspecified atom stereocenters. The van der Waals surface area contributed by atoms with Crippen molar-refractivity contribution in [3.63, 3.8) is 0 Å². The van der Waals surface area contributed by atoms with Gasteiger partial charge in [-0.15, -0.1) is 0 Å². The van der Waals surface area contributed by atoms with Gasteiger partial charge in [0.05, 0.1) is 11.7 Å². The van der Waals surface area contributed by atoms with Crippen LogP contribution in [0.15, 0.2) is 0 Å². The molecule has 1 N–H and O–H groups in total. The highest BCUT2D eigenvalue weighted by Crippen LogP contribution is 2.22. The molecule has 6 nitrogen and oxygen atoms in total. The number of likely N-dealkylation sites (N-methyl/N-ethyl adjacent to an activating group) is 1. The summed E-state index contributed by atoms with van der Waals surface area (Å²) in [7, 11) is 2.14. The molecule has 1 amide bonds. The number of aryl methyl sites for hydroxylation is 1. The second-order valence-corrected chi connectivity index (χ2v) is 6.51. The van der Waals surface area contributed by atoms with Crippen LogP contribution in [0.1, 0.15) is 30.8 Å². The largest absolute Gasteiger partial charge is 0.336 e. The van der Waals surface area contributed by atoms with Gasteiger partial charge in [-0.3, -0.25) is 14.8 Å². The number of nitrogens with one attached hydrogen (secondary N) is 1. The normalized spacial score (nSPS) is 21.7.